The molecule has 0 aliphatic heterocycles. The minimum absolute atomic E-state index is 0.186. The van der Waals surface area contributed by atoms with E-state index in [1.807, 2.05) is 0 Å². The Morgan fingerprint density at radius 3 is 2.40 bits per heavy atom. The number of amides is 1. The second-order valence-electron chi connectivity index (χ2n) is 4.50. The van der Waals surface area contributed by atoms with Gasteiger partial charge in [0.15, 0.2) is 0 Å². The fraction of sp³-hybridized carbons (Fsp3) is 0.467. The maximum Gasteiger partial charge on any atom is 0.305 e. The Hall–Kier alpha value is -1.91. The van der Waals surface area contributed by atoms with Crippen molar-refractivity contribution < 1.29 is 18.7 Å². The highest BCUT2D eigenvalue weighted by molar-refractivity contribution is 5.94. The van der Waals surface area contributed by atoms with E-state index in [4.69, 9.17) is 0 Å². The van der Waals surface area contributed by atoms with Gasteiger partial charge in [0.25, 0.3) is 5.91 Å². The van der Waals surface area contributed by atoms with Gasteiger partial charge in [-0.1, -0.05) is 12.8 Å². The molecule has 1 aromatic rings. The van der Waals surface area contributed by atoms with Crippen molar-refractivity contribution in [1.82, 2.24) is 5.32 Å². The topological polar surface area (TPSA) is 55.4 Å². The van der Waals surface area contributed by atoms with Crippen molar-refractivity contribution in [3.05, 3.63) is 35.6 Å². The van der Waals surface area contributed by atoms with Gasteiger partial charge >= 0.3 is 5.97 Å². The number of carbonyl (C=O) groups is 2. The van der Waals surface area contributed by atoms with Crippen LogP contribution in [0, 0.1) is 5.82 Å². The van der Waals surface area contributed by atoms with E-state index in [9.17, 15) is 14.0 Å². The molecule has 20 heavy (non-hydrogen) atoms. The molecule has 1 aromatic carbocycles. The number of methoxy groups -OCH3 is 1. The van der Waals surface area contributed by atoms with Crippen LogP contribution >= 0.6 is 0 Å². The molecule has 0 saturated heterocycles. The van der Waals surface area contributed by atoms with Crippen LogP contribution in [0.4, 0.5) is 4.39 Å². The number of carbonyl (C=O) groups excluding carboxylic acids is 2. The third-order valence-electron chi connectivity index (χ3n) is 2.93. The minimum Gasteiger partial charge on any atom is -0.469 e. The van der Waals surface area contributed by atoms with Crippen molar-refractivity contribution in [3.63, 3.8) is 0 Å². The Kier molecular flexibility index (Phi) is 7.32. The van der Waals surface area contributed by atoms with Crippen molar-refractivity contribution in [3.8, 4) is 0 Å². The summed E-state index contributed by atoms with van der Waals surface area (Å²) in [5, 5.41) is 2.78. The van der Waals surface area contributed by atoms with Crippen molar-refractivity contribution in [1.29, 1.82) is 0 Å². The fourth-order valence-electron chi connectivity index (χ4n) is 1.76. The Morgan fingerprint density at radius 2 is 1.75 bits per heavy atom. The zero-order valence-electron chi connectivity index (χ0n) is 11.7. The number of hydrogen-bond acceptors (Lipinski definition) is 3. The first-order valence-corrected chi connectivity index (χ1v) is 6.74. The first-order valence-electron chi connectivity index (χ1n) is 6.74. The van der Waals surface area contributed by atoms with E-state index < -0.39 is 0 Å². The van der Waals surface area contributed by atoms with Crippen molar-refractivity contribution in [2.45, 2.75) is 32.1 Å². The van der Waals surface area contributed by atoms with Gasteiger partial charge in [-0.2, -0.15) is 0 Å². The van der Waals surface area contributed by atoms with E-state index in [1.54, 1.807) is 0 Å². The van der Waals surface area contributed by atoms with Gasteiger partial charge in [0, 0.05) is 18.5 Å². The summed E-state index contributed by atoms with van der Waals surface area (Å²) in [7, 11) is 1.38. The van der Waals surface area contributed by atoms with Crippen LogP contribution < -0.4 is 5.32 Å². The summed E-state index contributed by atoms with van der Waals surface area (Å²) in [6.07, 6.45) is 3.98. The molecular weight excluding hydrogens is 261 g/mol. The van der Waals surface area contributed by atoms with Crippen LogP contribution in [0.1, 0.15) is 42.5 Å². The standard InChI is InChI=1S/C15H20FNO3/c1-20-14(18)6-4-2-3-5-11-17-15(19)12-7-9-13(16)10-8-12/h7-10H,2-6,11H2,1H3,(H,17,19). The predicted octanol–water partition coefficient (Wildman–Crippen LogP) is 2.68. The molecule has 1 amide bonds. The summed E-state index contributed by atoms with van der Waals surface area (Å²) in [5.41, 5.74) is 0.456. The molecule has 0 fully saturated rings. The van der Waals surface area contributed by atoms with E-state index in [0.717, 1.165) is 25.7 Å². The molecule has 4 nitrogen and oxygen atoms in total. The second kappa shape index (κ2) is 9.07. The zero-order chi connectivity index (χ0) is 14.8. The molecule has 0 aliphatic carbocycles. The molecule has 110 valence electrons. The normalized spacial score (nSPS) is 10.1. The first-order chi connectivity index (χ1) is 9.63. The van der Waals surface area contributed by atoms with Crippen LogP contribution in [-0.2, 0) is 9.53 Å². The van der Waals surface area contributed by atoms with Gasteiger partial charge in [-0.15, -0.1) is 0 Å². The van der Waals surface area contributed by atoms with Gasteiger partial charge in [-0.05, 0) is 37.1 Å². The molecule has 0 heterocycles. The summed E-state index contributed by atoms with van der Waals surface area (Å²) in [5.74, 6) is -0.735. The molecule has 1 N–H and O–H groups in total. The predicted molar refractivity (Wildman–Crippen MR) is 73.8 cm³/mol. The lowest BCUT2D eigenvalue weighted by Crippen LogP contribution is -2.24. The molecule has 0 radical (unpaired) electrons. The number of ether oxygens (including phenoxy) is 1. The SMILES string of the molecule is COC(=O)CCCCCCNC(=O)c1ccc(F)cc1. The van der Waals surface area contributed by atoms with Crippen LogP contribution in [0.2, 0.25) is 0 Å². The number of esters is 1. The number of hydrogen-bond donors (Lipinski definition) is 1. The van der Waals surface area contributed by atoms with E-state index in [-0.39, 0.29) is 17.7 Å². The lowest BCUT2D eigenvalue weighted by molar-refractivity contribution is -0.140. The lowest BCUT2D eigenvalue weighted by Gasteiger charge is -2.05. The number of benzene rings is 1. The third kappa shape index (κ3) is 6.31. The highest BCUT2D eigenvalue weighted by Crippen LogP contribution is 2.05. The van der Waals surface area contributed by atoms with Gasteiger partial charge in [-0.25, -0.2) is 4.39 Å². The van der Waals surface area contributed by atoms with Crippen LogP contribution in [0.3, 0.4) is 0 Å². The third-order valence-corrected chi connectivity index (χ3v) is 2.93. The molecule has 0 spiro atoms. The maximum absolute atomic E-state index is 12.7. The average Bonchev–Trinajstić information content (AvgIpc) is 2.46. The Morgan fingerprint density at radius 1 is 1.10 bits per heavy atom. The quantitative estimate of drug-likeness (QED) is 0.589. The number of halogens is 1. The molecule has 0 bridgehead atoms. The Bertz CT molecular complexity index is 431. The van der Waals surface area contributed by atoms with Crippen LogP contribution in [0.15, 0.2) is 24.3 Å². The van der Waals surface area contributed by atoms with Gasteiger partial charge in [0.05, 0.1) is 7.11 Å². The lowest BCUT2D eigenvalue weighted by atomic mass is 10.1. The summed E-state index contributed by atoms with van der Waals surface area (Å²) >= 11 is 0. The minimum atomic E-state index is -0.354. The maximum atomic E-state index is 12.7. The summed E-state index contributed by atoms with van der Waals surface area (Å²) in [4.78, 5) is 22.5. The molecule has 5 heteroatoms. The molecule has 1 rings (SSSR count). The highest BCUT2D eigenvalue weighted by atomic mass is 19.1. The van der Waals surface area contributed by atoms with Crippen LogP contribution in [-0.4, -0.2) is 25.5 Å². The molecule has 0 aromatic heterocycles. The van der Waals surface area contributed by atoms with Crippen LogP contribution in [0.5, 0.6) is 0 Å². The zero-order valence-corrected chi connectivity index (χ0v) is 11.7. The number of unbranched alkanes of at least 4 members (excludes halogenated alkanes) is 3. The molecule has 0 atom stereocenters. The first kappa shape index (κ1) is 16.1. The van der Waals surface area contributed by atoms with E-state index in [1.165, 1.54) is 31.4 Å². The average molecular weight is 281 g/mol. The van der Waals surface area contributed by atoms with E-state index in [0.29, 0.717) is 18.5 Å². The van der Waals surface area contributed by atoms with Crippen molar-refractivity contribution in [2.24, 2.45) is 0 Å². The van der Waals surface area contributed by atoms with Gasteiger partial charge < -0.3 is 10.1 Å². The van der Waals surface area contributed by atoms with Crippen molar-refractivity contribution >= 4 is 11.9 Å². The highest BCUT2D eigenvalue weighted by Gasteiger charge is 2.04. The molecular formula is C15H20FNO3. The summed E-state index contributed by atoms with van der Waals surface area (Å²) < 4.78 is 17.2. The van der Waals surface area contributed by atoms with Crippen LogP contribution in [0.25, 0.3) is 0 Å². The Labute approximate surface area is 118 Å². The molecule has 0 unspecified atom stereocenters. The van der Waals surface area contributed by atoms with E-state index >= 15 is 0 Å². The fourth-order valence-corrected chi connectivity index (χ4v) is 1.76. The number of nitrogens with one attached hydrogen (secondary N) is 1. The van der Waals surface area contributed by atoms with Gasteiger partial charge in [0.2, 0.25) is 0 Å². The monoisotopic (exact) mass is 281 g/mol. The molecule has 0 saturated carbocycles. The summed E-state index contributed by atoms with van der Waals surface area (Å²) in [6, 6.07) is 5.45. The smallest absolute Gasteiger partial charge is 0.305 e. The largest absolute Gasteiger partial charge is 0.469 e. The van der Waals surface area contributed by atoms with Crippen molar-refractivity contribution in [2.75, 3.05) is 13.7 Å². The van der Waals surface area contributed by atoms with E-state index in [2.05, 4.69) is 10.1 Å². The Balaban J connectivity index is 2.08. The second-order valence-corrected chi connectivity index (χ2v) is 4.50. The molecule has 0 aliphatic rings. The van der Waals surface area contributed by atoms with Gasteiger partial charge in [0.1, 0.15) is 5.82 Å². The van der Waals surface area contributed by atoms with Gasteiger partial charge in [-0.3, -0.25) is 9.59 Å². The number of rotatable bonds is 8. The summed E-state index contributed by atoms with van der Waals surface area (Å²) in [6.45, 7) is 0.578.